The highest BCUT2D eigenvalue weighted by Crippen LogP contribution is 2.28. The fraction of sp³-hybridized carbons (Fsp3) is 0.619. The van der Waals surface area contributed by atoms with Crippen LogP contribution in [-0.2, 0) is 4.79 Å². The van der Waals surface area contributed by atoms with Crippen molar-refractivity contribution in [1.82, 2.24) is 10.6 Å². The van der Waals surface area contributed by atoms with Gasteiger partial charge in [0.1, 0.15) is 5.60 Å². The van der Waals surface area contributed by atoms with Crippen LogP contribution in [0.1, 0.15) is 62.7 Å². The van der Waals surface area contributed by atoms with Gasteiger partial charge in [0.15, 0.2) is 0 Å². The number of rotatable bonds is 9. The van der Waals surface area contributed by atoms with Crippen molar-refractivity contribution in [3.05, 3.63) is 29.8 Å². The van der Waals surface area contributed by atoms with Crippen LogP contribution in [-0.4, -0.2) is 41.4 Å². The third kappa shape index (κ3) is 5.98. The van der Waals surface area contributed by atoms with Gasteiger partial charge in [0.25, 0.3) is 11.8 Å². The van der Waals surface area contributed by atoms with E-state index in [0.29, 0.717) is 24.4 Å². The minimum atomic E-state index is -1.37. The molecule has 1 aromatic rings. The Hall–Kier alpha value is -1.53. The second-order valence-electron chi connectivity index (χ2n) is 7.56. The molecule has 2 amide bonds. The van der Waals surface area contributed by atoms with E-state index in [-0.39, 0.29) is 17.9 Å². The van der Waals surface area contributed by atoms with Crippen LogP contribution < -0.4 is 10.6 Å². The Bertz CT molecular complexity index is 642. The summed E-state index contributed by atoms with van der Waals surface area (Å²) in [5, 5.41) is 16.3. The van der Waals surface area contributed by atoms with E-state index in [4.69, 9.17) is 0 Å². The van der Waals surface area contributed by atoms with E-state index in [1.54, 1.807) is 18.7 Å². The summed E-state index contributed by atoms with van der Waals surface area (Å²) in [5.41, 5.74) is -0.706. The zero-order chi connectivity index (χ0) is 19.9. The smallest absolute Gasteiger partial charge is 0.252 e. The molecule has 1 saturated carbocycles. The molecule has 0 radical (unpaired) electrons. The van der Waals surface area contributed by atoms with E-state index in [9.17, 15) is 14.7 Å². The Morgan fingerprint density at radius 1 is 1.30 bits per heavy atom. The van der Waals surface area contributed by atoms with Crippen molar-refractivity contribution in [3.8, 4) is 0 Å². The molecule has 1 aliphatic carbocycles. The van der Waals surface area contributed by atoms with Crippen molar-refractivity contribution in [1.29, 1.82) is 0 Å². The highest BCUT2D eigenvalue weighted by atomic mass is 32.2. The number of nitrogens with one attached hydrogen (secondary N) is 2. The number of aliphatic hydroxyl groups is 1. The molecule has 6 heteroatoms. The molecule has 2 unspecified atom stereocenters. The standard InChI is InChI=1S/C21H32N2O3S/c1-4-13-21(2,26)20(25)22-14-17(15-9-5-6-10-15)23-19(24)16-11-7-8-12-18(16)27-3/h7-8,11-12,15,17,26H,4-6,9-10,13-14H2,1-3H3,(H,22,25)(H,23,24). The molecule has 2 atom stereocenters. The molecule has 0 bridgehead atoms. The molecule has 2 rings (SSSR count). The van der Waals surface area contributed by atoms with Crippen molar-refractivity contribution in [3.63, 3.8) is 0 Å². The molecule has 1 fully saturated rings. The highest BCUT2D eigenvalue weighted by molar-refractivity contribution is 7.98. The summed E-state index contributed by atoms with van der Waals surface area (Å²) in [5.74, 6) is -0.121. The molecule has 1 aliphatic rings. The van der Waals surface area contributed by atoms with E-state index in [0.717, 1.165) is 37.0 Å². The Kier molecular flexibility index (Phi) is 8.17. The van der Waals surface area contributed by atoms with Crippen LogP contribution in [0.25, 0.3) is 0 Å². The zero-order valence-electron chi connectivity index (χ0n) is 16.6. The first-order chi connectivity index (χ1) is 12.9. The molecular formula is C21H32N2O3S. The minimum Gasteiger partial charge on any atom is -0.380 e. The summed E-state index contributed by atoms with van der Waals surface area (Å²) in [4.78, 5) is 26.1. The Morgan fingerprint density at radius 2 is 1.96 bits per heavy atom. The molecular weight excluding hydrogens is 360 g/mol. The average molecular weight is 393 g/mol. The molecule has 0 spiro atoms. The predicted molar refractivity (Wildman–Crippen MR) is 110 cm³/mol. The van der Waals surface area contributed by atoms with E-state index >= 15 is 0 Å². The van der Waals surface area contributed by atoms with Gasteiger partial charge in [-0.05, 0) is 50.5 Å². The summed E-state index contributed by atoms with van der Waals surface area (Å²) < 4.78 is 0. The van der Waals surface area contributed by atoms with Crippen LogP contribution in [0.2, 0.25) is 0 Å². The van der Waals surface area contributed by atoms with Gasteiger partial charge in [-0.2, -0.15) is 0 Å². The summed E-state index contributed by atoms with van der Waals surface area (Å²) in [7, 11) is 0. The summed E-state index contributed by atoms with van der Waals surface area (Å²) in [6, 6.07) is 7.43. The first kappa shape index (κ1) is 21.8. The lowest BCUT2D eigenvalue weighted by atomic mass is 9.96. The molecule has 150 valence electrons. The maximum Gasteiger partial charge on any atom is 0.252 e. The first-order valence-corrected chi connectivity index (χ1v) is 11.1. The zero-order valence-corrected chi connectivity index (χ0v) is 17.4. The van der Waals surface area contributed by atoms with Crippen LogP contribution in [0, 0.1) is 5.92 Å². The second-order valence-corrected chi connectivity index (χ2v) is 8.41. The van der Waals surface area contributed by atoms with Crippen LogP contribution in [0.3, 0.4) is 0 Å². The maximum atomic E-state index is 12.8. The van der Waals surface area contributed by atoms with E-state index in [1.807, 2.05) is 37.4 Å². The third-order valence-electron chi connectivity index (χ3n) is 5.35. The van der Waals surface area contributed by atoms with Gasteiger partial charge in [0.2, 0.25) is 0 Å². The van der Waals surface area contributed by atoms with Crippen LogP contribution in [0.4, 0.5) is 0 Å². The monoisotopic (exact) mass is 392 g/mol. The largest absolute Gasteiger partial charge is 0.380 e. The molecule has 1 aromatic carbocycles. The molecule has 0 saturated heterocycles. The number of hydrogen-bond donors (Lipinski definition) is 3. The average Bonchev–Trinajstić information content (AvgIpc) is 3.19. The van der Waals surface area contributed by atoms with Gasteiger partial charge in [-0.15, -0.1) is 11.8 Å². The lowest BCUT2D eigenvalue weighted by Crippen LogP contribution is -2.52. The van der Waals surface area contributed by atoms with Gasteiger partial charge in [-0.3, -0.25) is 9.59 Å². The van der Waals surface area contributed by atoms with Crippen LogP contribution in [0.5, 0.6) is 0 Å². The van der Waals surface area contributed by atoms with Crippen molar-refractivity contribution >= 4 is 23.6 Å². The highest BCUT2D eigenvalue weighted by Gasteiger charge is 2.32. The lowest BCUT2D eigenvalue weighted by molar-refractivity contribution is -0.138. The molecule has 5 nitrogen and oxygen atoms in total. The van der Waals surface area contributed by atoms with E-state index in [2.05, 4.69) is 10.6 Å². The van der Waals surface area contributed by atoms with Gasteiger partial charge in [-0.25, -0.2) is 0 Å². The molecule has 0 aromatic heterocycles. The normalized spacial score (nSPS) is 17.9. The van der Waals surface area contributed by atoms with Crippen LogP contribution in [0.15, 0.2) is 29.2 Å². The fourth-order valence-corrected chi connectivity index (χ4v) is 4.36. The fourth-order valence-electron chi connectivity index (χ4n) is 3.77. The van der Waals surface area contributed by atoms with Crippen molar-refractivity contribution in [2.45, 2.75) is 68.9 Å². The minimum absolute atomic E-state index is 0.105. The van der Waals surface area contributed by atoms with Crippen molar-refractivity contribution in [2.75, 3.05) is 12.8 Å². The molecule has 3 N–H and O–H groups in total. The van der Waals surface area contributed by atoms with Gasteiger partial charge < -0.3 is 15.7 Å². The topological polar surface area (TPSA) is 78.4 Å². The maximum absolute atomic E-state index is 12.8. The number of carbonyl (C=O) groups is 2. The number of hydrogen-bond acceptors (Lipinski definition) is 4. The third-order valence-corrected chi connectivity index (χ3v) is 6.14. The van der Waals surface area contributed by atoms with Gasteiger partial charge in [0, 0.05) is 17.5 Å². The molecule has 0 aliphatic heterocycles. The summed E-state index contributed by atoms with van der Waals surface area (Å²) in [6.45, 7) is 3.83. The number of amides is 2. The number of carbonyl (C=O) groups excluding carboxylic acids is 2. The molecule has 27 heavy (non-hydrogen) atoms. The Labute approximate surface area is 166 Å². The van der Waals surface area contributed by atoms with Gasteiger partial charge >= 0.3 is 0 Å². The molecule has 0 heterocycles. The summed E-state index contributed by atoms with van der Waals surface area (Å²) >= 11 is 1.55. The van der Waals surface area contributed by atoms with Gasteiger partial charge in [-0.1, -0.05) is 38.3 Å². The Balaban J connectivity index is 2.06. The second kappa shape index (κ2) is 10.1. The van der Waals surface area contributed by atoms with Crippen molar-refractivity contribution < 1.29 is 14.7 Å². The predicted octanol–water partition coefficient (Wildman–Crippen LogP) is 3.36. The Morgan fingerprint density at radius 3 is 2.59 bits per heavy atom. The SMILES string of the molecule is CCCC(C)(O)C(=O)NCC(NC(=O)c1ccccc1SC)C1CCCC1. The lowest BCUT2D eigenvalue weighted by Gasteiger charge is -2.28. The van der Waals surface area contributed by atoms with Crippen LogP contribution >= 0.6 is 11.8 Å². The first-order valence-electron chi connectivity index (χ1n) is 9.83. The van der Waals surface area contributed by atoms with E-state index in [1.165, 1.54) is 0 Å². The van der Waals surface area contributed by atoms with Crippen molar-refractivity contribution in [2.24, 2.45) is 5.92 Å². The number of benzene rings is 1. The quantitative estimate of drug-likeness (QED) is 0.563. The van der Waals surface area contributed by atoms with E-state index < -0.39 is 5.60 Å². The number of thioether (sulfide) groups is 1. The summed E-state index contributed by atoms with van der Waals surface area (Å²) in [6.07, 6.45) is 7.51. The van der Waals surface area contributed by atoms with Gasteiger partial charge in [0.05, 0.1) is 5.56 Å².